The zero-order valence-electron chi connectivity index (χ0n) is 12.2. The van der Waals surface area contributed by atoms with Gasteiger partial charge in [-0.3, -0.25) is 4.98 Å². The summed E-state index contributed by atoms with van der Waals surface area (Å²) in [5, 5.41) is 20.2. The van der Waals surface area contributed by atoms with Crippen LogP contribution in [0.1, 0.15) is 11.3 Å². The highest BCUT2D eigenvalue weighted by Crippen LogP contribution is 2.25. The molecule has 0 saturated carbocycles. The van der Waals surface area contributed by atoms with Crippen LogP contribution in [-0.2, 0) is 0 Å². The van der Waals surface area contributed by atoms with E-state index in [1.807, 2.05) is 19.9 Å². The number of quaternary nitrogens is 1. The fraction of sp³-hybridized carbons (Fsp3) is 0.267. The Morgan fingerprint density at radius 2 is 1.70 bits per heavy atom. The maximum atomic E-state index is 11.8. The molecule has 1 aromatic heterocycles. The van der Waals surface area contributed by atoms with Crippen molar-refractivity contribution < 1.29 is 0 Å². The highest BCUT2D eigenvalue weighted by molar-refractivity contribution is 5.51. The second-order valence-corrected chi connectivity index (χ2v) is 5.18. The van der Waals surface area contributed by atoms with E-state index in [0.717, 1.165) is 22.6 Å². The Bertz CT molecular complexity index is 627. The van der Waals surface area contributed by atoms with Crippen LogP contribution in [-0.4, -0.2) is 19.1 Å². The average molecular weight is 270 g/mol. The molecule has 1 aromatic carbocycles. The maximum absolute atomic E-state index is 11.8. The van der Waals surface area contributed by atoms with E-state index >= 15 is 0 Å². The van der Waals surface area contributed by atoms with Crippen LogP contribution in [0.4, 0.5) is 17.1 Å². The molecule has 0 amide bonds. The largest absolute Gasteiger partial charge is 0.628 e. The SMILES string of the molecule is Cc1cc(N=Nc2ccc([N+](C)(C)[O-])cc2)c(C)cn1. The topological polar surface area (TPSA) is 60.7 Å². The number of azo groups is 1. The predicted octanol–water partition coefficient (Wildman–Crippen LogP) is 4.18. The lowest BCUT2D eigenvalue weighted by molar-refractivity contribution is 0.543. The van der Waals surface area contributed by atoms with Gasteiger partial charge in [0.1, 0.15) is 5.69 Å². The van der Waals surface area contributed by atoms with Crippen molar-refractivity contribution in [2.45, 2.75) is 13.8 Å². The van der Waals surface area contributed by atoms with Gasteiger partial charge in [0.2, 0.25) is 0 Å². The summed E-state index contributed by atoms with van der Waals surface area (Å²) in [6.45, 7) is 3.86. The standard InChI is InChI=1S/C15H18N4O/c1-11-10-16-12(2)9-15(11)18-17-13-5-7-14(8-6-13)19(3,4)20/h5-10H,1-4H3. The van der Waals surface area contributed by atoms with E-state index in [1.165, 1.54) is 0 Å². The van der Waals surface area contributed by atoms with Crippen molar-refractivity contribution in [1.29, 1.82) is 0 Å². The van der Waals surface area contributed by atoms with Crippen LogP contribution in [0.25, 0.3) is 0 Å². The zero-order chi connectivity index (χ0) is 14.8. The number of rotatable bonds is 3. The first-order valence-corrected chi connectivity index (χ1v) is 6.37. The van der Waals surface area contributed by atoms with Crippen molar-refractivity contribution in [3.8, 4) is 0 Å². The fourth-order valence-corrected chi connectivity index (χ4v) is 1.71. The fourth-order valence-electron chi connectivity index (χ4n) is 1.71. The number of hydroxylamine groups is 2. The third-order valence-electron chi connectivity index (χ3n) is 2.96. The first-order valence-electron chi connectivity index (χ1n) is 6.37. The van der Waals surface area contributed by atoms with Crippen molar-refractivity contribution >= 4 is 17.1 Å². The summed E-state index contributed by atoms with van der Waals surface area (Å²) >= 11 is 0. The van der Waals surface area contributed by atoms with Gasteiger partial charge in [-0.25, -0.2) is 0 Å². The average Bonchev–Trinajstić information content (AvgIpc) is 2.39. The van der Waals surface area contributed by atoms with Gasteiger partial charge >= 0.3 is 0 Å². The summed E-state index contributed by atoms with van der Waals surface area (Å²) in [6, 6.07) is 9.02. The van der Waals surface area contributed by atoms with Crippen LogP contribution < -0.4 is 4.65 Å². The number of hydrogen-bond donors (Lipinski definition) is 0. The molecule has 0 aliphatic heterocycles. The van der Waals surface area contributed by atoms with E-state index in [1.54, 1.807) is 44.6 Å². The van der Waals surface area contributed by atoms with E-state index in [2.05, 4.69) is 15.2 Å². The predicted molar refractivity (Wildman–Crippen MR) is 81.3 cm³/mol. The van der Waals surface area contributed by atoms with Crippen molar-refractivity contribution in [3.05, 3.63) is 53.0 Å². The zero-order valence-corrected chi connectivity index (χ0v) is 12.2. The Labute approximate surface area is 118 Å². The van der Waals surface area contributed by atoms with Crippen molar-refractivity contribution in [1.82, 2.24) is 9.63 Å². The second kappa shape index (κ2) is 5.48. The van der Waals surface area contributed by atoms with Crippen LogP contribution in [0, 0.1) is 19.1 Å². The Morgan fingerprint density at radius 1 is 1.05 bits per heavy atom. The lowest BCUT2D eigenvalue weighted by Crippen LogP contribution is -2.32. The quantitative estimate of drug-likeness (QED) is 0.477. The van der Waals surface area contributed by atoms with Gasteiger partial charge in [-0.05, 0) is 37.6 Å². The van der Waals surface area contributed by atoms with E-state index in [0.29, 0.717) is 5.69 Å². The molecule has 2 rings (SSSR count). The third-order valence-corrected chi connectivity index (χ3v) is 2.96. The van der Waals surface area contributed by atoms with Gasteiger partial charge in [0.05, 0.1) is 25.5 Å². The van der Waals surface area contributed by atoms with Crippen LogP contribution in [0.5, 0.6) is 0 Å². The molecule has 0 radical (unpaired) electrons. The maximum Gasteiger partial charge on any atom is 0.132 e. The second-order valence-electron chi connectivity index (χ2n) is 5.18. The monoisotopic (exact) mass is 270 g/mol. The number of hydrogen-bond acceptors (Lipinski definition) is 4. The van der Waals surface area contributed by atoms with E-state index in [4.69, 9.17) is 0 Å². The summed E-state index contributed by atoms with van der Waals surface area (Å²) in [6.07, 6.45) is 1.78. The van der Waals surface area contributed by atoms with Gasteiger partial charge in [-0.1, -0.05) is 0 Å². The van der Waals surface area contributed by atoms with E-state index < -0.39 is 4.65 Å². The normalized spacial score (nSPS) is 12.1. The summed E-state index contributed by atoms with van der Waals surface area (Å²) < 4.78 is -0.458. The van der Waals surface area contributed by atoms with Gasteiger partial charge in [-0.15, -0.1) is 0 Å². The van der Waals surface area contributed by atoms with Crippen molar-refractivity contribution in [2.24, 2.45) is 10.2 Å². The molecule has 0 atom stereocenters. The molecule has 5 heteroatoms. The lowest BCUT2D eigenvalue weighted by atomic mass is 10.2. The number of benzene rings is 1. The molecular weight excluding hydrogens is 252 g/mol. The van der Waals surface area contributed by atoms with Gasteiger partial charge < -0.3 is 9.85 Å². The molecular formula is C15H18N4O. The lowest BCUT2D eigenvalue weighted by Gasteiger charge is -2.32. The Balaban J connectivity index is 2.21. The van der Waals surface area contributed by atoms with Crippen molar-refractivity contribution in [2.75, 3.05) is 14.1 Å². The summed E-state index contributed by atoms with van der Waals surface area (Å²) in [4.78, 5) is 4.19. The third kappa shape index (κ3) is 3.46. The summed E-state index contributed by atoms with van der Waals surface area (Å²) in [5.41, 5.74) is 4.09. The number of nitrogens with zero attached hydrogens (tertiary/aromatic N) is 4. The highest BCUT2D eigenvalue weighted by atomic mass is 16.5. The minimum Gasteiger partial charge on any atom is -0.628 e. The molecule has 0 spiro atoms. The number of aromatic nitrogens is 1. The molecule has 5 nitrogen and oxygen atoms in total. The number of pyridine rings is 1. The molecule has 2 aromatic rings. The molecule has 0 saturated heterocycles. The Kier molecular flexibility index (Phi) is 3.92. The Morgan fingerprint density at radius 3 is 2.30 bits per heavy atom. The summed E-state index contributed by atoms with van der Waals surface area (Å²) in [7, 11) is 3.17. The minimum absolute atomic E-state index is 0.458. The molecule has 0 aliphatic carbocycles. The van der Waals surface area contributed by atoms with Crippen LogP contribution >= 0.6 is 0 Å². The molecule has 0 aliphatic rings. The van der Waals surface area contributed by atoms with Crippen LogP contribution in [0.3, 0.4) is 0 Å². The first kappa shape index (κ1) is 14.3. The number of aryl methyl sites for hydroxylation is 2. The molecule has 0 N–H and O–H groups in total. The molecule has 20 heavy (non-hydrogen) atoms. The van der Waals surface area contributed by atoms with Gasteiger partial charge in [0.25, 0.3) is 0 Å². The van der Waals surface area contributed by atoms with Gasteiger partial charge in [-0.2, -0.15) is 10.2 Å². The smallest absolute Gasteiger partial charge is 0.132 e. The van der Waals surface area contributed by atoms with Gasteiger partial charge in [0.15, 0.2) is 0 Å². The first-order chi connectivity index (χ1) is 9.36. The highest BCUT2D eigenvalue weighted by Gasteiger charge is 2.06. The Hall–Kier alpha value is -2.11. The minimum atomic E-state index is -0.458. The molecule has 0 unspecified atom stereocenters. The van der Waals surface area contributed by atoms with E-state index in [9.17, 15) is 5.21 Å². The van der Waals surface area contributed by atoms with Gasteiger partial charge in [0, 0.05) is 24.0 Å². The molecule has 0 fully saturated rings. The summed E-state index contributed by atoms with van der Waals surface area (Å²) in [5.74, 6) is 0. The molecule has 104 valence electrons. The van der Waals surface area contributed by atoms with Crippen LogP contribution in [0.15, 0.2) is 46.8 Å². The van der Waals surface area contributed by atoms with E-state index in [-0.39, 0.29) is 0 Å². The van der Waals surface area contributed by atoms with Crippen LogP contribution in [0.2, 0.25) is 0 Å². The molecule has 0 bridgehead atoms. The molecule has 1 heterocycles. The van der Waals surface area contributed by atoms with Crippen molar-refractivity contribution in [3.63, 3.8) is 0 Å².